The number of sulfonamides is 1. The number of amides is 1. The molecule has 0 saturated carbocycles. The highest BCUT2D eigenvalue weighted by Gasteiger charge is 2.38. The fraction of sp³-hybridized carbons (Fsp3) is 0.857. The fourth-order valence-corrected chi connectivity index (χ4v) is 4.50. The summed E-state index contributed by atoms with van der Waals surface area (Å²) in [5, 5.41) is 12.8. The maximum absolute atomic E-state index is 13.3. The average Bonchev–Trinajstić information content (AvgIpc) is 2.74. The predicted octanol–water partition coefficient (Wildman–Crippen LogP) is 0.523. The lowest BCUT2D eigenvalue weighted by atomic mass is 9.88. The zero-order chi connectivity index (χ0) is 23.8. The third kappa shape index (κ3) is 8.22. The van der Waals surface area contributed by atoms with Crippen LogP contribution in [0.3, 0.4) is 0 Å². The zero-order valence-corrected chi connectivity index (χ0v) is 20.6. The number of nitrogens with one attached hydrogen (secondary N) is 2. The molecule has 2 fully saturated rings. The summed E-state index contributed by atoms with van der Waals surface area (Å²) in [6, 6.07) is 1.52. The highest BCUT2D eigenvalue weighted by Crippen LogP contribution is 2.23. The molecule has 2 saturated heterocycles. The van der Waals surface area contributed by atoms with Gasteiger partial charge in [-0.1, -0.05) is 20.8 Å². The summed E-state index contributed by atoms with van der Waals surface area (Å²) in [6.45, 7) is 10.5. The van der Waals surface area contributed by atoms with E-state index in [0.29, 0.717) is 45.6 Å². The molecule has 2 aliphatic heterocycles. The van der Waals surface area contributed by atoms with Crippen molar-refractivity contribution in [2.45, 2.75) is 58.0 Å². The summed E-state index contributed by atoms with van der Waals surface area (Å²) < 4.78 is 31.7. The van der Waals surface area contributed by atoms with Crippen LogP contribution in [0, 0.1) is 17.2 Å². The first-order valence-electron chi connectivity index (χ1n) is 11.4. The second-order valence-corrected chi connectivity index (χ2v) is 10.8. The normalized spacial score (nSPS) is 21.1. The first kappa shape index (κ1) is 26.4. The van der Waals surface area contributed by atoms with Crippen LogP contribution in [0.1, 0.15) is 46.5 Å². The molecule has 0 aromatic carbocycles. The molecule has 2 N–H and O–H groups in total. The molecule has 11 heteroatoms. The van der Waals surface area contributed by atoms with Crippen LogP contribution in [-0.2, 0) is 19.6 Å². The van der Waals surface area contributed by atoms with Gasteiger partial charge in [0.05, 0.1) is 25.5 Å². The quantitative estimate of drug-likeness (QED) is 0.391. The van der Waals surface area contributed by atoms with Crippen LogP contribution >= 0.6 is 0 Å². The highest BCUT2D eigenvalue weighted by atomic mass is 32.2. The van der Waals surface area contributed by atoms with E-state index in [1.54, 1.807) is 4.90 Å². The van der Waals surface area contributed by atoms with Gasteiger partial charge in [0.2, 0.25) is 21.9 Å². The van der Waals surface area contributed by atoms with Gasteiger partial charge in [-0.15, -0.1) is 0 Å². The van der Waals surface area contributed by atoms with Crippen molar-refractivity contribution >= 4 is 21.9 Å². The summed E-state index contributed by atoms with van der Waals surface area (Å²) in [7, 11) is -3.58. The molecule has 0 aromatic rings. The average molecular weight is 471 g/mol. The number of carbonyl (C=O) groups excluding carboxylic acids is 1. The maximum atomic E-state index is 13.3. The van der Waals surface area contributed by atoms with Gasteiger partial charge in [0.1, 0.15) is 11.6 Å². The Balaban J connectivity index is 2.24. The Kier molecular flexibility index (Phi) is 9.73. The molecule has 1 amide bonds. The van der Waals surface area contributed by atoms with E-state index in [1.807, 2.05) is 13.8 Å². The Bertz CT molecular complexity index is 794. The van der Waals surface area contributed by atoms with Crippen molar-refractivity contribution in [1.82, 2.24) is 19.8 Å². The molecule has 32 heavy (non-hydrogen) atoms. The molecule has 0 bridgehead atoms. The van der Waals surface area contributed by atoms with Crippen LogP contribution in [0.15, 0.2) is 4.99 Å². The van der Waals surface area contributed by atoms with Crippen LogP contribution in [-0.4, -0.2) is 93.9 Å². The monoisotopic (exact) mass is 470 g/mol. The number of morpholine rings is 1. The van der Waals surface area contributed by atoms with Gasteiger partial charge < -0.3 is 19.9 Å². The second-order valence-electron chi connectivity index (χ2n) is 9.10. The molecule has 2 rings (SSSR count). The largest absolute Gasteiger partial charge is 0.378 e. The Labute approximate surface area is 192 Å². The molecular formula is C21H38N6O4S. The molecule has 2 heterocycles. The number of aliphatic imine (C=N–C) groups is 1. The second kappa shape index (κ2) is 11.8. The van der Waals surface area contributed by atoms with E-state index in [1.165, 1.54) is 0 Å². The molecule has 0 aromatic heterocycles. The highest BCUT2D eigenvalue weighted by molar-refractivity contribution is 7.89. The van der Waals surface area contributed by atoms with E-state index in [4.69, 9.17) is 4.74 Å². The lowest BCUT2D eigenvalue weighted by Crippen LogP contribution is -2.57. The Morgan fingerprint density at radius 1 is 1.22 bits per heavy atom. The number of likely N-dealkylation sites (tertiary alicyclic amines) is 1. The van der Waals surface area contributed by atoms with Crippen molar-refractivity contribution in [3.63, 3.8) is 0 Å². The Hall–Kier alpha value is -1.90. The van der Waals surface area contributed by atoms with E-state index in [0.717, 1.165) is 32.3 Å². The fourth-order valence-electron chi connectivity index (χ4n) is 3.98. The molecule has 1 unspecified atom stereocenters. The number of carbonyl (C=O) groups is 1. The van der Waals surface area contributed by atoms with E-state index >= 15 is 0 Å². The SMILES string of the molecule is CCCN1CCC(C#N)(NC(=O)C(CC(C)C)N=C(NS(C)(=O)=O)N2CCOCC2)CC1. The van der Waals surface area contributed by atoms with Gasteiger partial charge in [-0.2, -0.15) is 5.26 Å². The number of rotatable bonds is 8. The van der Waals surface area contributed by atoms with Gasteiger partial charge in [-0.05, 0) is 38.1 Å². The molecule has 0 radical (unpaired) electrons. The lowest BCUT2D eigenvalue weighted by Gasteiger charge is -2.38. The summed E-state index contributed by atoms with van der Waals surface area (Å²) >= 11 is 0. The maximum Gasteiger partial charge on any atom is 0.246 e. The first-order valence-corrected chi connectivity index (χ1v) is 13.3. The molecule has 1 atom stereocenters. The van der Waals surface area contributed by atoms with Gasteiger partial charge in [0.25, 0.3) is 0 Å². The van der Waals surface area contributed by atoms with Crippen LogP contribution in [0.25, 0.3) is 0 Å². The van der Waals surface area contributed by atoms with Crippen molar-refractivity contribution in [3.8, 4) is 6.07 Å². The van der Waals surface area contributed by atoms with E-state index in [2.05, 4.69) is 32.9 Å². The van der Waals surface area contributed by atoms with Crippen molar-refractivity contribution in [1.29, 1.82) is 5.26 Å². The zero-order valence-electron chi connectivity index (χ0n) is 19.8. The summed E-state index contributed by atoms with van der Waals surface area (Å²) in [4.78, 5) is 22.0. The first-order chi connectivity index (χ1) is 15.1. The number of piperidine rings is 1. The predicted molar refractivity (Wildman–Crippen MR) is 124 cm³/mol. The standard InChI is InChI=1S/C21H38N6O4S/c1-5-8-26-9-6-21(16-22,7-10-26)24-19(28)18(15-17(2)3)23-20(25-32(4,29)30)27-11-13-31-14-12-27/h17-18H,5-15H2,1-4H3,(H,23,25)(H,24,28). The van der Waals surface area contributed by atoms with Crippen LogP contribution in [0.2, 0.25) is 0 Å². The van der Waals surface area contributed by atoms with Crippen molar-refractivity contribution < 1.29 is 17.9 Å². The van der Waals surface area contributed by atoms with E-state index in [9.17, 15) is 18.5 Å². The van der Waals surface area contributed by atoms with Gasteiger partial charge >= 0.3 is 0 Å². The van der Waals surface area contributed by atoms with Crippen molar-refractivity contribution in [2.24, 2.45) is 10.9 Å². The Morgan fingerprint density at radius 3 is 2.34 bits per heavy atom. The van der Waals surface area contributed by atoms with Gasteiger partial charge in [0, 0.05) is 26.2 Å². The van der Waals surface area contributed by atoms with Gasteiger partial charge in [-0.25, -0.2) is 13.4 Å². The minimum absolute atomic E-state index is 0.153. The third-order valence-electron chi connectivity index (χ3n) is 5.69. The van der Waals surface area contributed by atoms with Gasteiger partial charge in [-0.3, -0.25) is 9.52 Å². The summed E-state index contributed by atoms with van der Waals surface area (Å²) in [5.41, 5.74) is -0.921. The number of hydrogen-bond acceptors (Lipinski definition) is 7. The molecule has 0 aliphatic carbocycles. The van der Waals surface area contributed by atoms with Crippen LogP contribution in [0.5, 0.6) is 0 Å². The summed E-state index contributed by atoms with van der Waals surface area (Å²) in [6.07, 6.45) is 3.68. The van der Waals surface area contributed by atoms with Crippen molar-refractivity contribution in [3.05, 3.63) is 0 Å². The van der Waals surface area contributed by atoms with Gasteiger partial charge in [0.15, 0.2) is 0 Å². The molecule has 0 spiro atoms. The topological polar surface area (TPSA) is 127 Å². The summed E-state index contributed by atoms with van der Waals surface area (Å²) in [5.74, 6) is -0.0336. The minimum atomic E-state index is -3.58. The minimum Gasteiger partial charge on any atom is -0.378 e. The molecular weight excluding hydrogens is 432 g/mol. The van der Waals surface area contributed by atoms with Crippen molar-refractivity contribution in [2.75, 3.05) is 52.2 Å². The van der Waals surface area contributed by atoms with Crippen LogP contribution in [0.4, 0.5) is 0 Å². The molecule has 10 nitrogen and oxygen atoms in total. The number of nitrogens with zero attached hydrogens (tertiary/aromatic N) is 4. The third-order valence-corrected chi connectivity index (χ3v) is 6.24. The number of nitriles is 1. The smallest absolute Gasteiger partial charge is 0.246 e. The number of hydrogen-bond donors (Lipinski definition) is 2. The van der Waals surface area contributed by atoms with E-state index < -0.39 is 21.6 Å². The van der Waals surface area contributed by atoms with Crippen LogP contribution < -0.4 is 10.0 Å². The number of guanidine groups is 1. The number of ether oxygens (including phenoxy) is 1. The Morgan fingerprint density at radius 2 is 1.84 bits per heavy atom. The lowest BCUT2D eigenvalue weighted by molar-refractivity contribution is -0.124. The molecule has 2 aliphatic rings. The van der Waals surface area contributed by atoms with E-state index in [-0.39, 0.29) is 17.8 Å². The molecule has 182 valence electrons.